The highest BCUT2D eigenvalue weighted by atomic mass is 79.9. The molecule has 41 heavy (non-hydrogen) atoms. The molecule has 1 aliphatic rings. The molecule has 7 nitrogen and oxygen atoms in total. The van der Waals surface area contributed by atoms with Gasteiger partial charge in [0.05, 0.1) is 40.0 Å². The highest BCUT2D eigenvalue weighted by Gasteiger charge is 2.33. The molecule has 1 atom stereocenters. The molecule has 0 amide bonds. The van der Waals surface area contributed by atoms with E-state index in [4.69, 9.17) is 14.2 Å². The Hall–Kier alpha value is -4.02. The third kappa shape index (κ3) is 6.03. The van der Waals surface area contributed by atoms with Crippen LogP contribution >= 0.6 is 27.3 Å². The molecule has 1 aromatic heterocycles. The Kier molecular flexibility index (Phi) is 8.51. The molecule has 10 heteroatoms. The van der Waals surface area contributed by atoms with Crippen LogP contribution in [-0.2, 0) is 16.1 Å². The molecular weight excluding hydrogens is 611 g/mol. The molecule has 0 N–H and O–H groups in total. The van der Waals surface area contributed by atoms with Crippen molar-refractivity contribution in [3.05, 3.63) is 125 Å². The van der Waals surface area contributed by atoms with Crippen molar-refractivity contribution in [2.45, 2.75) is 26.5 Å². The van der Waals surface area contributed by atoms with Crippen LogP contribution in [0, 0.1) is 5.82 Å². The Morgan fingerprint density at radius 2 is 1.85 bits per heavy atom. The topological polar surface area (TPSA) is 79.1 Å². The Bertz CT molecular complexity index is 1810. The van der Waals surface area contributed by atoms with E-state index >= 15 is 0 Å². The number of carbonyl (C=O) groups is 1. The number of halogens is 2. The lowest BCUT2D eigenvalue weighted by molar-refractivity contribution is -0.139. The molecule has 0 bridgehead atoms. The van der Waals surface area contributed by atoms with Gasteiger partial charge in [0.15, 0.2) is 4.80 Å². The Morgan fingerprint density at radius 1 is 1.12 bits per heavy atom. The first kappa shape index (κ1) is 28.5. The summed E-state index contributed by atoms with van der Waals surface area (Å²) in [6.45, 7) is 3.99. The Labute approximate surface area is 248 Å². The van der Waals surface area contributed by atoms with Crippen LogP contribution in [0.4, 0.5) is 4.39 Å². The zero-order valence-electron chi connectivity index (χ0n) is 22.5. The summed E-state index contributed by atoms with van der Waals surface area (Å²) in [6.07, 6.45) is 1.79. The van der Waals surface area contributed by atoms with Crippen LogP contribution in [0.2, 0.25) is 0 Å². The SMILES string of the molecule is CCOC(=O)C1=C(C)N=c2s/c(=C/c3ccc(OCc4ccc(F)cc4)cc3)c(=O)n2[C@H]1c1ccc(OC)c(Br)c1. The van der Waals surface area contributed by atoms with Gasteiger partial charge in [-0.3, -0.25) is 9.36 Å². The van der Waals surface area contributed by atoms with Crippen molar-refractivity contribution >= 4 is 39.3 Å². The van der Waals surface area contributed by atoms with Gasteiger partial charge in [-0.05, 0) is 88.9 Å². The molecule has 1 aliphatic heterocycles. The van der Waals surface area contributed by atoms with Crippen molar-refractivity contribution in [1.82, 2.24) is 4.57 Å². The summed E-state index contributed by atoms with van der Waals surface area (Å²) in [5.41, 5.74) is 2.91. The lowest BCUT2D eigenvalue weighted by Gasteiger charge is -2.25. The summed E-state index contributed by atoms with van der Waals surface area (Å²) in [7, 11) is 1.57. The van der Waals surface area contributed by atoms with Crippen molar-refractivity contribution in [2.24, 2.45) is 4.99 Å². The maximum Gasteiger partial charge on any atom is 0.338 e. The van der Waals surface area contributed by atoms with E-state index in [1.54, 1.807) is 49.8 Å². The zero-order valence-corrected chi connectivity index (χ0v) is 24.9. The molecule has 0 aliphatic carbocycles. The highest BCUT2D eigenvalue weighted by molar-refractivity contribution is 9.10. The fourth-order valence-corrected chi connectivity index (χ4v) is 6.12. The van der Waals surface area contributed by atoms with Crippen molar-refractivity contribution in [1.29, 1.82) is 0 Å². The summed E-state index contributed by atoms with van der Waals surface area (Å²) < 4.78 is 32.4. The molecule has 4 aromatic rings. The Balaban J connectivity index is 1.51. The summed E-state index contributed by atoms with van der Waals surface area (Å²) in [5, 5.41) is 0. The molecule has 2 heterocycles. The molecule has 3 aromatic carbocycles. The van der Waals surface area contributed by atoms with E-state index in [2.05, 4.69) is 20.9 Å². The van der Waals surface area contributed by atoms with E-state index in [-0.39, 0.29) is 18.0 Å². The fraction of sp³-hybridized carbons (Fsp3) is 0.194. The van der Waals surface area contributed by atoms with Gasteiger partial charge >= 0.3 is 5.97 Å². The van der Waals surface area contributed by atoms with Crippen molar-refractivity contribution in [3.8, 4) is 11.5 Å². The minimum absolute atomic E-state index is 0.197. The highest BCUT2D eigenvalue weighted by Crippen LogP contribution is 2.35. The standard InChI is InChI=1S/C31H26BrFN2O5S/c1-4-39-30(37)27-18(2)34-31-35(28(27)21-9-14-25(38-3)24(32)16-21)29(36)26(41-31)15-19-7-12-23(13-8-19)40-17-20-5-10-22(33)11-6-20/h5-16,28H,4,17H2,1-3H3/b26-15+/t28-/m0/s1. The number of nitrogens with zero attached hydrogens (tertiary/aromatic N) is 2. The fourth-order valence-electron chi connectivity index (χ4n) is 4.52. The number of carbonyl (C=O) groups excluding carboxylic acids is 1. The number of benzene rings is 3. The second kappa shape index (κ2) is 12.2. The van der Waals surface area contributed by atoms with Crippen molar-refractivity contribution in [2.75, 3.05) is 13.7 Å². The van der Waals surface area contributed by atoms with Crippen LogP contribution in [-0.4, -0.2) is 24.3 Å². The first-order valence-corrected chi connectivity index (χ1v) is 14.4. The molecule has 5 rings (SSSR count). The van der Waals surface area contributed by atoms with E-state index < -0.39 is 12.0 Å². The second-order valence-corrected chi connectivity index (χ2v) is 11.0. The average molecular weight is 638 g/mol. The molecular formula is C31H26BrFN2O5S. The number of hydrogen-bond acceptors (Lipinski definition) is 7. The van der Waals surface area contributed by atoms with E-state index in [1.807, 2.05) is 36.4 Å². The minimum atomic E-state index is -0.725. The zero-order chi connectivity index (χ0) is 29.1. The summed E-state index contributed by atoms with van der Waals surface area (Å²) in [6, 6.07) is 18.2. The lowest BCUT2D eigenvalue weighted by Crippen LogP contribution is -2.39. The molecule has 0 unspecified atom stereocenters. The van der Waals surface area contributed by atoms with Crippen molar-refractivity contribution < 1.29 is 23.4 Å². The van der Waals surface area contributed by atoms with Crippen LogP contribution in [0.3, 0.4) is 0 Å². The predicted octanol–water partition coefficient (Wildman–Crippen LogP) is 5.29. The van der Waals surface area contributed by atoms with Crippen LogP contribution in [0.15, 0.2) is 92.3 Å². The summed E-state index contributed by atoms with van der Waals surface area (Å²) in [5.74, 6) is 0.465. The first-order chi connectivity index (χ1) is 19.8. The number of methoxy groups -OCH3 is 1. The van der Waals surface area contributed by atoms with E-state index in [9.17, 15) is 14.0 Å². The van der Waals surface area contributed by atoms with E-state index in [1.165, 1.54) is 23.5 Å². The van der Waals surface area contributed by atoms with Gasteiger partial charge in [-0.1, -0.05) is 41.7 Å². The monoisotopic (exact) mass is 636 g/mol. The van der Waals surface area contributed by atoms with Gasteiger partial charge in [0.25, 0.3) is 5.56 Å². The van der Waals surface area contributed by atoms with Crippen LogP contribution in [0.25, 0.3) is 6.08 Å². The van der Waals surface area contributed by atoms with Gasteiger partial charge in [-0.15, -0.1) is 0 Å². The molecule has 0 radical (unpaired) electrons. The van der Waals surface area contributed by atoms with Gasteiger partial charge < -0.3 is 14.2 Å². The van der Waals surface area contributed by atoms with Crippen LogP contribution in [0.5, 0.6) is 11.5 Å². The molecule has 210 valence electrons. The average Bonchev–Trinajstić information content (AvgIpc) is 3.26. The number of ether oxygens (including phenoxy) is 3. The Morgan fingerprint density at radius 3 is 2.51 bits per heavy atom. The molecule has 0 saturated carbocycles. The quantitative estimate of drug-likeness (QED) is 0.246. The number of fused-ring (bicyclic) bond motifs is 1. The molecule has 0 fully saturated rings. The number of aromatic nitrogens is 1. The third-order valence-electron chi connectivity index (χ3n) is 6.51. The smallest absolute Gasteiger partial charge is 0.338 e. The van der Waals surface area contributed by atoms with Gasteiger partial charge in [0, 0.05) is 0 Å². The second-order valence-electron chi connectivity index (χ2n) is 9.18. The predicted molar refractivity (Wildman–Crippen MR) is 158 cm³/mol. The number of allylic oxidation sites excluding steroid dienone is 1. The number of hydrogen-bond donors (Lipinski definition) is 0. The number of esters is 1. The first-order valence-electron chi connectivity index (χ1n) is 12.8. The number of rotatable bonds is 8. The van der Waals surface area contributed by atoms with Crippen LogP contribution in [0.1, 0.15) is 36.6 Å². The van der Waals surface area contributed by atoms with Gasteiger partial charge in [-0.25, -0.2) is 14.2 Å². The number of thiazole rings is 1. The van der Waals surface area contributed by atoms with Crippen LogP contribution < -0.4 is 24.4 Å². The largest absolute Gasteiger partial charge is 0.496 e. The van der Waals surface area contributed by atoms with E-state index in [0.29, 0.717) is 48.7 Å². The van der Waals surface area contributed by atoms with Gasteiger partial charge in [-0.2, -0.15) is 0 Å². The normalized spacial score (nSPS) is 14.9. The maximum absolute atomic E-state index is 13.8. The molecule has 0 saturated heterocycles. The van der Waals surface area contributed by atoms with E-state index in [0.717, 1.165) is 11.1 Å². The lowest BCUT2D eigenvalue weighted by atomic mass is 9.96. The van der Waals surface area contributed by atoms with Gasteiger partial charge in [0.1, 0.15) is 23.9 Å². The van der Waals surface area contributed by atoms with Gasteiger partial charge in [0.2, 0.25) is 0 Å². The third-order valence-corrected chi connectivity index (χ3v) is 8.11. The van der Waals surface area contributed by atoms with Crippen molar-refractivity contribution in [3.63, 3.8) is 0 Å². The summed E-state index contributed by atoms with van der Waals surface area (Å²) >= 11 is 4.78. The maximum atomic E-state index is 13.8. The molecule has 0 spiro atoms. The summed E-state index contributed by atoms with van der Waals surface area (Å²) in [4.78, 5) is 32.0. The minimum Gasteiger partial charge on any atom is -0.496 e.